The first-order valence-corrected chi connectivity index (χ1v) is 9.19. The summed E-state index contributed by atoms with van der Waals surface area (Å²) in [4.78, 5) is 2.82. The van der Waals surface area contributed by atoms with Gasteiger partial charge in [-0.05, 0) is 38.0 Å². The Kier molecular flexibility index (Phi) is 6.51. The molecule has 0 aromatic rings. The molecule has 2 rings (SSSR count). The molecule has 0 aromatic heterocycles. The van der Waals surface area contributed by atoms with Gasteiger partial charge in [0.2, 0.25) is 0 Å². The lowest BCUT2D eigenvalue weighted by molar-refractivity contribution is -0.0888. The molecule has 1 saturated heterocycles. The van der Waals surface area contributed by atoms with Crippen molar-refractivity contribution in [2.24, 2.45) is 11.7 Å². The summed E-state index contributed by atoms with van der Waals surface area (Å²) in [5.74, 6) is 0.710. The Morgan fingerprint density at radius 1 is 1.29 bits per heavy atom. The molecular formula is C18H36N2O. The van der Waals surface area contributed by atoms with Gasteiger partial charge in [-0.15, -0.1) is 0 Å². The maximum Gasteiger partial charge on any atom is 0.0593 e. The fraction of sp³-hybridized carbons (Fsp3) is 1.00. The van der Waals surface area contributed by atoms with Crippen LogP contribution in [-0.4, -0.2) is 42.3 Å². The van der Waals surface area contributed by atoms with Crippen LogP contribution in [-0.2, 0) is 4.74 Å². The molecule has 1 aliphatic heterocycles. The third-order valence-corrected chi connectivity index (χ3v) is 5.46. The maximum atomic E-state index is 6.34. The summed E-state index contributed by atoms with van der Waals surface area (Å²) in [5, 5.41) is 0. The maximum absolute atomic E-state index is 6.34. The zero-order valence-electron chi connectivity index (χ0n) is 14.4. The van der Waals surface area contributed by atoms with Crippen LogP contribution in [0.15, 0.2) is 0 Å². The van der Waals surface area contributed by atoms with E-state index in [1.165, 1.54) is 45.1 Å². The predicted octanol–water partition coefficient (Wildman–Crippen LogP) is 3.56. The molecule has 0 amide bonds. The monoisotopic (exact) mass is 296 g/mol. The summed E-state index contributed by atoms with van der Waals surface area (Å²) in [7, 11) is 0. The summed E-state index contributed by atoms with van der Waals surface area (Å²) in [6.45, 7) is 9.82. The predicted molar refractivity (Wildman–Crippen MR) is 89.5 cm³/mol. The molecule has 124 valence electrons. The van der Waals surface area contributed by atoms with Crippen molar-refractivity contribution >= 4 is 0 Å². The fourth-order valence-electron chi connectivity index (χ4n) is 4.41. The molecule has 3 heteroatoms. The van der Waals surface area contributed by atoms with Crippen molar-refractivity contribution < 1.29 is 4.74 Å². The summed E-state index contributed by atoms with van der Waals surface area (Å²) in [5.41, 5.74) is 6.54. The van der Waals surface area contributed by atoms with Crippen LogP contribution in [0.25, 0.3) is 0 Å². The number of rotatable bonds is 7. The molecule has 0 radical (unpaired) electrons. The van der Waals surface area contributed by atoms with Gasteiger partial charge in [0.15, 0.2) is 0 Å². The van der Waals surface area contributed by atoms with Crippen LogP contribution in [0.5, 0.6) is 0 Å². The standard InChI is InChI=1S/C18H36N2O/c1-4-7-17-12-18(14-19,10-11-21-17)20(13-15(2)3)16-8-5-6-9-16/h15-17H,4-14,19H2,1-3H3. The highest BCUT2D eigenvalue weighted by Gasteiger charge is 2.43. The summed E-state index contributed by atoms with van der Waals surface area (Å²) < 4.78 is 6.01. The van der Waals surface area contributed by atoms with E-state index in [1.54, 1.807) is 0 Å². The first kappa shape index (κ1) is 17.2. The molecule has 2 aliphatic rings. The van der Waals surface area contributed by atoms with Crippen LogP contribution in [0.3, 0.4) is 0 Å². The molecule has 1 saturated carbocycles. The number of hydrogen-bond donors (Lipinski definition) is 1. The third kappa shape index (κ3) is 4.20. The first-order valence-electron chi connectivity index (χ1n) is 9.19. The van der Waals surface area contributed by atoms with Crippen molar-refractivity contribution in [3.63, 3.8) is 0 Å². The zero-order valence-corrected chi connectivity index (χ0v) is 14.4. The van der Waals surface area contributed by atoms with E-state index in [1.807, 2.05) is 0 Å². The molecule has 0 spiro atoms. The Morgan fingerprint density at radius 2 is 2.00 bits per heavy atom. The van der Waals surface area contributed by atoms with Crippen molar-refractivity contribution in [3.8, 4) is 0 Å². The Hall–Kier alpha value is -0.120. The van der Waals surface area contributed by atoms with E-state index in [0.717, 1.165) is 32.0 Å². The van der Waals surface area contributed by atoms with Gasteiger partial charge in [-0.3, -0.25) is 4.90 Å². The van der Waals surface area contributed by atoms with E-state index >= 15 is 0 Å². The third-order valence-electron chi connectivity index (χ3n) is 5.46. The fourth-order valence-corrected chi connectivity index (χ4v) is 4.41. The summed E-state index contributed by atoms with van der Waals surface area (Å²) in [6.07, 6.45) is 10.6. The van der Waals surface area contributed by atoms with E-state index in [0.29, 0.717) is 12.0 Å². The topological polar surface area (TPSA) is 38.5 Å². The number of ether oxygens (including phenoxy) is 1. The van der Waals surface area contributed by atoms with Crippen LogP contribution in [0.2, 0.25) is 0 Å². The molecule has 1 aliphatic carbocycles. The lowest BCUT2D eigenvalue weighted by atomic mass is 9.81. The minimum absolute atomic E-state index is 0.192. The smallest absolute Gasteiger partial charge is 0.0593 e. The van der Waals surface area contributed by atoms with E-state index in [9.17, 15) is 0 Å². The van der Waals surface area contributed by atoms with Gasteiger partial charge in [0.1, 0.15) is 0 Å². The minimum Gasteiger partial charge on any atom is -0.378 e. The van der Waals surface area contributed by atoms with Gasteiger partial charge in [0, 0.05) is 31.3 Å². The molecule has 0 bridgehead atoms. The highest BCUT2D eigenvalue weighted by atomic mass is 16.5. The highest BCUT2D eigenvalue weighted by Crippen LogP contribution is 2.37. The Labute approximate surface area is 131 Å². The van der Waals surface area contributed by atoms with Crippen molar-refractivity contribution in [2.45, 2.75) is 89.8 Å². The average Bonchev–Trinajstić information content (AvgIpc) is 2.99. The van der Waals surface area contributed by atoms with E-state index in [2.05, 4.69) is 25.7 Å². The van der Waals surface area contributed by atoms with Gasteiger partial charge in [0.05, 0.1) is 6.10 Å². The molecule has 2 N–H and O–H groups in total. The average molecular weight is 296 g/mol. The molecule has 1 heterocycles. The number of nitrogens with two attached hydrogens (primary N) is 1. The van der Waals surface area contributed by atoms with Gasteiger partial charge in [-0.1, -0.05) is 40.0 Å². The van der Waals surface area contributed by atoms with Crippen molar-refractivity contribution in [1.29, 1.82) is 0 Å². The van der Waals surface area contributed by atoms with Crippen LogP contribution >= 0.6 is 0 Å². The Bertz CT molecular complexity index is 300. The molecular weight excluding hydrogens is 260 g/mol. The molecule has 2 fully saturated rings. The first-order chi connectivity index (χ1) is 10.1. The van der Waals surface area contributed by atoms with E-state index in [-0.39, 0.29) is 5.54 Å². The molecule has 21 heavy (non-hydrogen) atoms. The van der Waals surface area contributed by atoms with Gasteiger partial charge >= 0.3 is 0 Å². The van der Waals surface area contributed by atoms with Gasteiger partial charge in [0.25, 0.3) is 0 Å². The van der Waals surface area contributed by atoms with Gasteiger partial charge in [-0.2, -0.15) is 0 Å². The van der Waals surface area contributed by atoms with Crippen molar-refractivity contribution in [1.82, 2.24) is 4.90 Å². The van der Waals surface area contributed by atoms with Crippen LogP contribution < -0.4 is 5.73 Å². The Balaban J connectivity index is 2.15. The second-order valence-corrected chi connectivity index (χ2v) is 7.65. The van der Waals surface area contributed by atoms with Crippen LogP contribution in [0.1, 0.15) is 72.1 Å². The number of nitrogens with zero attached hydrogens (tertiary/aromatic N) is 1. The molecule has 3 nitrogen and oxygen atoms in total. The lowest BCUT2D eigenvalue weighted by Crippen LogP contribution is -2.62. The second kappa shape index (κ2) is 7.94. The SMILES string of the molecule is CCCC1CC(CN)(N(CC(C)C)C2CCCC2)CCO1. The van der Waals surface area contributed by atoms with E-state index < -0.39 is 0 Å². The van der Waals surface area contributed by atoms with Gasteiger partial charge in [-0.25, -0.2) is 0 Å². The summed E-state index contributed by atoms with van der Waals surface area (Å²) in [6, 6.07) is 0.760. The number of hydrogen-bond acceptors (Lipinski definition) is 3. The quantitative estimate of drug-likeness (QED) is 0.780. The lowest BCUT2D eigenvalue weighted by Gasteiger charge is -2.51. The van der Waals surface area contributed by atoms with Gasteiger partial charge < -0.3 is 10.5 Å². The van der Waals surface area contributed by atoms with Crippen molar-refractivity contribution in [3.05, 3.63) is 0 Å². The minimum atomic E-state index is 0.192. The molecule has 2 atom stereocenters. The highest BCUT2D eigenvalue weighted by molar-refractivity contribution is 5.00. The van der Waals surface area contributed by atoms with Crippen LogP contribution in [0, 0.1) is 5.92 Å². The summed E-state index contributed by atoms with van der Waals surface area (Å²) >= 11 is 0. The normalized spacial score (nSPS) is 31.4. The zero-order chi connectivity index (χ0) is 15.3. The van der Waals surface area contributed by atoms with E-state index in [4.69, 9.17) is 10.5 Å². The second-order valence-electron chi connectivity index (χ2n) is 7.65. The largest absolute Gasteiger partial charge is 0.378 e. The van der Waals surface area contributed by atoms with Crippen LogP contribution in [0.4, 0.5) is 0 Å². The molecule has 2 unspecified atom stereocenters. The molecule has 0 aromatic carbocycles. The Morgan fingerprint density at radius 3 is 2.57 bits per heavy atom. The van der Waals surface area contributed by atoms with Crippen molar-refractivity contribution in [2.75, 3.05) is 19.7 Å².